The van der Waals surface area contributed by atoms with Crippen LogP contribution in [0.4, 0.5) is 5.69 Å². The molecule has 0 aliphatic rings. The minimum atomic E-state index is -0.889. The Balaban J connectivity index is 2.32. The molecule has 2 rings (SSSR count). The molecule has 0 fully saturated rings. The van der Waals surface area contributed by atoms with E-state index in [9.17, 15) is 9.59 Å². The summed E-state index contributed by atoms with van der Waals surface area (Å²) >= 11 is 0. The van der Waals surface area contributed by atoms with Crippen LogP contribution in [0.15, 0.2) is 79.4 Å². The van der Waals surface area contributed by atoms with Gasteiger partial charge in [0.25, 0.3) is 0 Å². The van der Waals surface area contributed by atoms with Gasteiger partial charge < -0.3 is 9.47 Å². The van der Waals surface area contributed by atoms with Gasteiger partial charge in [0, 0.05) is 6.54 Å². The molecule has 5 heteroatoms. The van der Waals surface area contributed by atoms with Crippen molar-refractivity contribution < 1.29 is 19.1 Å². The van der Waals surface area contributed by atoms with Crippen molar-refractivity contribution in [1.29, 1.82) is 0 Å². The third-order valence-electron chi connectivity index (χ3n) is 7.00. The fourth-order valence-corrected chi connectivity index (χ4v) is 4.56. The number of nitrogens with zero attached hydrogens (tertiary/aromatic N) is 1. The molecule has 1 amide bonds. The zero-order chi connectivity index (χ0) is 29.2. The molecule has 5 nitrogen and oxygen atoms in total. The Hall–Kier alpha value is -3.60. The summed E-state index contributed by atoms with van der Waals surface area (Å²) in [6.07, 6.45) is 15.7. The first-order valence-corrected chi connectivity index (χ1v) is 14.7. The van der Waals surface area contributed by atoms with Gasteiger partial charge in [-0.25, -0.2) is 4.79 Å². The molecular formula is C35H47NO4. The van der Waals surface area contributed by atoms with E-state index in [0.29, 0.717) is 31.0 Å². The third kappa shape index (κ3) is 10.5. The van der Waals surface area contributed by atoms with Crippen molar-refractivity contribution in [1.82, 2.24) is 0 Å². The number of hydrogen-bond acceptors (Lipinski definition) is 4. The van der Waals surface area contributed by atoms with Gasteiger partial charge in [0.1, 0.15) is 5.75 Å². The van der Waals surface area contributed by atoms with Crippen molar-refractivity contribution in [2.45, 2.75) is 78.1 Å². The highest BCUT2D eigenvalue weighted by Crippen LogP contribution is 2.35. The molecule has 0 spiro atoms. The zero-order valence-corrected chi connectivity index (χ0v) is 24.8. The number of ether oxygens (including phenoxy) is 2. The van der Waals surface area contributed by atoms with Crippen LogP contribution in [0.3, 0.4) is 0 Å². The van der Waals surface area contributed by atoms with Crippen molar-refractivity contribution in [3.8, 4) is 16.9 Å². The van der Waals surface area contributed by atoms with E-state index in [1.54, 1.807) is 6.08 Å². The highest BCUT2D eigenvalue weighted by atomic mass is 16.5. The maximum Gasteiger partial charge on any atom is 0.397 e. The highest BCUT2D eigenvalue weighted by molar-refractivity contribution is 6.38. The van der Waals surface area contributed by atoms with Gasteiger partial charge in [0.2, 0.25) is 0 Å². The van der Waals surface area contributed by atoms with Crippen molar-refractivity contribution in [2.24, 2.45) is 0 Å². The zero-order valence-electron chi connectivity index (χ0n) is 24.8. The number of esters is 1. The van der Waals surface area contributed by atoms with Crippen LogP contribution < -0.4 is 9.64 Å². The normalized spacial score (nSPS) is 11.1. The largest absolute Gasteiger partial charge is 0.491 e. The van der Waals surface area contributed by atoms with Gasteiger partial charge in [-0.2, -0.15) is 0 Å². The fourth-order valence-electron chi connectivity index (χ4n) is 4.56. The van der Waals surface area contributed by atoms with Crippen molar-refractivity contribution in [2.75, 3.05) is 25.2 Å². The van der Waals surface area contributed by atoms with E-state index < -0.39 is 11.9 Å². The van der Waals surface area contributed by atoms with Crippen LogP contribution in [0, 0.1) is 0 Å². The Morgan fingerprint density at radius 1 is 0.875 bits per heavy atom. The standard InChI is InChI=1S/C35H47NO4/c1-6-10-11-12-13-16-26-40-33-27-31(30-21-19-29(9-4)20-22-30)23-24-32(33)36(34(37)35(38)39-5)25-15-14-18-28(8-3)17-7-2/h7-8,17,19-24,27H,2-3,6,9-16,18,25-26H2,1,4-5H3/b28-17+. The second kappa shape index (κ2) is 18.6. The van der Waals surface area contributed by atoms with Crippen LogP contribution in [-0.2, 0) is 20.7 Å². The lowest BCUT2D eigenvalue weighted by molar-refractivity contribution is -0.151. The number of allylic oxidation sites excluding steroid dienone is 4. The SMILES string of the molecule is C=C/C=C(\C=C)CCCCN(C(=O)C(=O)OC)c1ccc(-c2ccc(CC)cc2)cc1OCCCCCCCC. The van der Waals surface area contributed by atoms with Crippen LogP contribution in [0.1, 0.15) is 77.2 Å². The smallest absolute Gasteiger partial charge is 0.397 e. The number of rotatable bonds is 18. The molecule has 2 aromatic rings. The van der Waals surface area contributed by atoms with Crippen molar-refractivity contribution in [3.63, 3.8) is 0 Å². The summed E-state index contributed by atoms with van der Waals surface area (Å²) in [5, 5.41) is 0. The maximum absolute atomic E-state index is 13.2. The lowest BCUT2D eigenvalue weighted by Gasteiger charge is -2.25. The van der Waals surface area contributed by atoms with Gasteiger partial charge >= 0.3 is 11.9 Å². The minimum Gasteiger partial charge on any atom is -0.491 e. The molecule has 0 bridgehead atoms. The number of methoxy groups -OCH3 is 1. The Bertz CT molecular complexity index is 1120. The molecule has 0 aliphatic carbocycles. The van der Waals surface area contributed by atoms with Crippen LogP contribution in [0.5, 0.6) is 5.75 Å². The van der Waals surface area contributed by atoms with Gasteiger partial charge in [-0.05, 0) is 66.5 Å². The first kappa shape index (κ1) is 32.6. The van der Waals surface area contributed by atoms with Gasteiger partial charge in [-0.15, -0.1) is 0 Å². The summed E-state index contributed by atoms with van der Waals surface area (Å²) in [6, 6.07) is 14.3. The molecule has 216 valence electrons. The van der Waals surface area contributed by atoms with Crippen LogP contribution in [0.25, 0.3) is 11.1 Å². The van der Waals surface area contributed by atoms with E-state index in [1.165, 1.54) is 43.3 Å². The van der Waals surface area contributed by atoms with E-state index in [2.05, 4.69) is 51.3 Å². The lowest BCUT2D eigenvalue weighted by atomic mass is 10.0. The Morgan fingerprint density at radius 3 is 2.23 bits per heavy atom. The summed E-state index contributed by atoms with van der Waals surface area (Å²) < 4.78 is 11.1. The quantitative estimate of drug-likeness (QED) is 0.0814. The molecule has 0 aliphatic heterocycles. The number of carbonyl (C=O) groups excluding carboxylic acids is 2. The number of unbranched alkanes of at least 4 members (excludes halogenated alkanes) is 6. The molecule has 0 atom stereocenters. The van der Waals surface area contributed by atoms with Gasteiger partial charge in [0.05, 0.1) is 19.4 Å². The van der Waals surface area contributed by atoms with E-state index in [4.69, 9.17) is 9.47 Å². The minimum absolute atomic E-state index is 0.365. The van der Waals surface area contributed by atoms with E-state index >= 15 is 0 Å². The third-order valence-corrected chi connectivity index (χ3v) is 7.00. The van der Waals surface area contributed by atoms with E-state index in [0.717, 1.165) is 48.8 Å². The summed E-state index contributed by atoms with van der Waals surface area (Å²) in [4.78, 5) is 27.0. The maximum atomic E-state index is 13.2. The van der Waals surface area contributed by atoms with Gasteiger partial charge in [0.15, 0.2) is 0 Å². The fraction of sp³-hybridized carbons (Fsp3) is 0.429. The van der Waals surface area contributed by atoms with E-state index in [1.807, 2.05) is 30.4 Å². The Labute approximate surface area is 241 Å². The van der Waals surface area contributed by atoms with Crippen molar-refractivity contribution >= 4 is 17.6 Å². The number of amides is 1. The predicted octanol–water partition coefficient (Wildman–Crippen LogP) is 8.63. The number of hydrogen-bond donors (Lipinski definition) is 0. The summed E-state index contributed by atoms with van der Waals surface area (Å²) in [5.41, 5.74) is 5.02. The number of anilines is 1. The lowest BCUT2D eigenvalue weighted by Crippen LogP contribution is -2.38. The molecule has 0 aromatic heterocycles. The van der Waals surface area contributed by atoms with Crippen LogP contribution in [0.2, 0.25) is 0 Å². The van der Waals surface area contributed by atoms with Crippen molar-refractivity contribution in [3.05, 3.63) is 85.0 Å². The number of aryl methyl sites for hydroxylation is 1. The first-order valence-electron chi connectivity index (χ1n) is 14.7. The molecule has 0 radical (unpaired) electrons. The molecular weight excluding hydrogens is 498 g/mol. The summed E-state index contributed by atoms with van der Waals surface area (Å²) in [6.45, 7) is 12.9. The molecule has 0 saturated heterocycles. The molecule has 0 N–H and O–H groups in total. The molecule has 0 unspecified atom stereocenters. The van der Waals surface area contributed by atoms with Crippen LogP contribution in [-0.4, -0.2) is 32.1 Å². The molecule has 40 heavy (non-hydrogen) atoms. The Kier molecular flexibility index (Phi) is 15.2. The topological polar surface area (TPSA) is 55.8 Å². The van der Waals surface area contributed by atoms with Gasteiger partial charge in [-0.3, -0.25) is 9.69 Å². The number of carbonyl (C=O) groups is 2. The second-order valence-electron chi connectivity index (χ2n) is 9.94. The Morgan fingerprint density at radius 2 is 1.57 bits per heavy atom. The summed E-state index contributed by atoms with van der Waals surface area (Å²) in [7, 11) is 1.23. The molecule has 0 saturated carbocycles. The molecule has 0 heterocycles. The highest BCUT2D eigenvalue weighted by Gasteiger charge is 2.26. The molecule has 2 aromatic carbocycles. The first-order chi connectivity index (χ1) is 19.5. The number of benzene rings is 2. The van der Waals surface area contributed by atoms with Crippen LogP contribution >= 0.6 is 0 Å². The van der Waals surface area contributed by atoms with Gasteiger partial charge in [-0.1, -0.05) is 108 Å². The van der Waals surface area contributed by atoms with E-state index in [-0.39, 0.29) is 0 Å². The average Bonchev–Trinajstić information content (AvgIpc) is 2.99. The predicted molar refractivity (Wildman–Crippen MR) is 167 cm³/mol. The monoisotopic (exact) mass is 545 g/mol. The second-order valence-corrected chi connectivity index (χ2v) is 9.94. The summed E-state index contributed by atoms with van der Waals surface area (Å²) in [5.74, 6) is -0.988. The average molecular weight is 546 g/mol.